The van der Waals surface area contributed by atoms with Crippen LogP contribution in [-0.2, 0) is 23.7 Å². The van der Waals surface area contributed by atoms with E-state index in [1.54, 1.807) is 0 Å². The summed E-state index contributed by atoms with van der Waals surface area (Å²) in [4.78, 5) is 0. The molecule has 0 aliphatic carbocycles. The van der Waals surface area contributed by atoms with Crippen LogP contribution in [-0.4, -0.2) is 80.9 Å². The Morgan fingerprint density at radius 3 is 0.794 bits per heavy atom. The monoisotopic (exact) mass is 1780 g/mol. The molecule has 2 N–H and O–H groups in total. The molecule has 3 fully saturated rings. The van der Waals surface area contributed by atoms with Crippen molar-refractivity contribution in [2.45, 2.75) is 657 Å². The summed E-state index contributed by atoms with van der Waals surface area (Å²) in [5.74, 6) is 13.5. The van der Waals surface area contributed by atoms with E-state index in [1.165, 1.54) is 263 Å². The van der Waals surface area contributed by atoms with Crippen LogP contribution in [0.1, 0.15) is 586 Å². The molecule has 3 rings (SSSR count). The van der Waals surface area contributed by atoms with E-state index >= 15 is 0 Å². The molecule has 0 amide bonds. The van der Waals surface area contributed by atoms with E-state index in [9.17, 15) is 10.2 Å². The minimum atomic E-state index is -0.908. The highest BCUT2D eigenvalue weighted by atomic mass is 16.6. The van der Waals surface area contributed by atoms with Gasteiger partial charge in [0, 0.05) is 0 Å². The van der Waals surface area contributed by atoms with Crippen molar-refractivity contribution < 1.29 is 33.9 Å². The highest BCUT2D eigenvalue weighted by Crippen LogP contribution is 2.49. The molecule has 3 saturated heterocycles. The summed E-state index contributed by atoms with van der Waals surface area (Å²) in [5, 5.41) is 25.1. The van der Waals surface area contributed by atoms with Gasteiger partial charge < -0.3 is 33.9 Å². The van der Waals surface area contributed by atoms with E-state index in [2.05, 4.69) is 201 Å². The Labute approximate surface area is 792 Å². The predicted octanol–water partition coefficient (Wildman–Crippen LogP) is 37.4. The minimum Gasteiger partial charge on any atom is -0.390 e. The molecule has 24 atom stereocenters. The molecule has 0 unspecified atom stereocenters. The van der Waals surface area contributed by atoms with Gasteiger partial charge in [0.15, 0.2) is 0 Å². The van der Waals surface area contributed by atoms with Crippen LogP contribution in [0.25, 0.3) is 0 Å². The first-order valence-corrected chi connectivity index (χ1v) is 57.2. The standard InChI is InChI=1S/C119H234O7/c1-90(2)48-30-54-96(13)60-36-66-102(19)72-42-78-109(124-117(27,87-45-75-105(22)69-39-63-99(16)57-33-51-93(7)8)114-82-80-110(120)116(26,125-114)86-44-74-104(21)68-38-62-98(15)56-32-50-92(5)6)108-79-81-112(122-108)118(28,88-46-76-106(23)70-40-64-100(17)58-34-52-94(9)10)126-119(29,89-47-77-107(24)71-41-65-101(18)59-35-53-95(11)12)113-84-83-111(123-113)115(25,121)85-43-73-103(20)67-37-61-97(14)55-31-49-91(3)4/h90-114,120-121H,30-89H2,1-29H3/t96-,97-,98-,99-,100-,101-,102-,103-,104-,105-,106-,107-,108-,109-,110-,111-,112-,113-,114+,115+,116+,117+,118+,119-/m1/s1. The van der Waals surface area contributed by atoms with Crippen LogP contribution in [0.15, 0.2) is 0 Å². The van der Waals surface area contributed by atoms with Gasteiger partial charge in [0.25, 0.3) is 0 Å². The zero-order valence-corrected chi connectivity index (χ0v) is 91.3. The van der Waals surface area contributed by atoms with Crippen molar-refractivity contribution >= 4 is 0 Å². The topological polar surface area (TPSA) is 86.6 Å². The molecule has 3 aliphatic rings. The lowest BCUT2D eigenvalue weighted by molar-refractivity contribution is -0.268. The molecule has 3 aliphatic heterocycles. The Hall–Kier alpha value is -0.280. The fourth-order valence-electron chi connectivity index (χ4n) is 23.4. The fraction of sp³-hybridized carbons (Fsp3) is 1.00. The summed E-state index contributed by atoms with van der Waals surface area (Å²) >= 11 is 0. The van der Waals surface area contributed by atoms with Crippen molar-refractivity contribution in [2.24, 2.45) is 107 Å². The SMILES string of the molecule is CC(C)CCC[C@@H](C)CCC[C@@H](C)CCC[C@@H](O[C@@](C)(CCC[C@H](C)CCC[C@H](C)CCCC(C)C)[C@@H]1CC[C@@H](O)[C@](C)(CCC[C@H](C)CCC[C@H](C)CCCC(C)C)O1)[C@H]1CC[C@H]([C@](C)(CCC[C@H](C)CCC[C@H](C)CCCC(C)C)O[C@](C)(CCC[C@H](C)CCC[C@H](C)CCCC(C)C)[C@H]2CC[C@H]([C@@](C)(O)CCC[C@H](C)CCC[C@H](C)CCCC(C)C)O2)O1. The number of rotatable bonds is 81. The van der Waals surface area contributed by atoms with Gasteiger partial charge in [0.1, 0.15) is 0 Å². The van der Waals surface area contributed by atoms with Crippen molar-refractivity contribution in [3.8, 4) is 0 Å². The summed E-state index contributed by atoms with van der Waals surface area (Å²) in [5.41, 5.74) is -3.28. The summed E-state index contributed by atoms with van der Waals surface area (Å²) in [6, 6.07) is 0. The summed E-state index contributed by atoms with van der Waals surface area (Å²) in [7, 11) is 0. The Kier molecular flexibility index (Phi) is 63.1. The molecular formula is C119H234O7. The molecule has 7 nitrogen and oxygen atoms in total. The van der Waals surface area contributed by atoms with Gasteiger partial charge in [-0.2, -0.15) is 0 Å². The third-order valence-corrected chi connectivity index (χ3v) is 33.2. The van der Waals surface area contributed by atoms with Gasteiger partial charge in [0.2, 0.25) is 0 Å². The van der Waals surface area contributed by atoms with E-state index in [1.807, 2.05) is 0 Å². The zero-order chi connectivity index (χ0) is 93.9. The van der Waals surface area contributed by atoms with E-state index in [-0.39, 0.29) is 36.6 Å². The van der Waals surface area contributed by atoms with E-state index < -0.39 is 34.1 Å². The van der Waals surface area contributed by atoms with Crippen LogP contribution in [0.3, 0.4) is 0 Å². The van der Waals surface area contributed by atoms with E-state index in [4.69, 9.17) is 23.7 Å². The highest BCUT2D eigenvalue weighted by molar-refractivity contribution is 5.03. The smallest absolute Gasteiger partial charge is 0.0923 e. The molecular weight excluding hydrogens is 1540 g/mol. The van der Waals surface area contributed by atoms with Gasteiger partial charge >= 0.3 is 0 Å². The van der Waals surface area contributed by atoms with E-state index in [0.29, 0.717) is 35.5 Å². The summed E-state index contributed by atoms with van der Waals surface area (Å²) < 4.78 is 40.1. The molecule has 752 valence electrons. The Morgan fingerprint density at radius 1 is 0.262 bits per heavy atom. The van der Waals surface area contributed by atoms with Crippen LogP contribution in [0.4, 0.5) is 0 Å². The maximum atomic E-state index is 12.8. The number of hydrogen-bond donors (Lipinski definition) is 2. The van der Waals surface area contributed by atoms with Crippen molar-refractivity contribution in [3.63, 3.8) is 0 Å². The zero-order valence-electron chi connectivity index (χ0n) is 91.3. The molecule has 0 spiro atoms. The average molecular weight is 1780 g/mol. The Morgan fingerprint density at radius 2 is 0.492 bits per heavy atom. The van der Waals surface area contributed by atoms with Crippen molar-refractivity contribution in [1.82, 2.24) is 0 Å². The van der Waals surface area contributed by atoms with Gasteiger partial charge in [-0.25, -0.2) is 0 Å². The normalized spacial score (nSPS) is 24.4. The second-order valence-corrected chi connectivity index (χ2v) is 50.7. The lowest BCUT2D eigenvalue weighted by atomic mass is 9.79. The minimum absolute atomic E-state index is 0.0784. The van der Waals surface area contributed by atoms with Crippen molar-refractivity contribution in [2.75, 3.05) is 0 Å². The summed E-state index contributed by atoms with van der Waals surface area (Å²) in [6.07, 6.45) is 71.2. The largest absolute Gasteiger partial charge is 0.390 e. The molecule has 3 heterocycles. The summed E-state index contributed by atoms with van der Waals surface area (Å²) in [6.45, 7) is 70.4. The number of hydrogen-bond acceptors (Lipinski definition) is 7. The molecule has 0 saturated carbocycles. The predicted molar refractivity (Wildman–Crippen MR) is 554 cm³/mol. The number of aliphatic hydroxyl groups is 2. The molecule has 0 aromatic rings. The molecule has 7 heteroatoms. The molecule has 0 aromatic carbocycles. The quantitative estimate of drug-likeness (QED) is 0.0627. The fourth-order valence-corrected chi connectivity index (χ4v) is 23.4. The van der Waals surface area contributed by atoms with Crippen LogP contribution < -0.4 is 0 Å². The Balaban J connectivity index is 2.18. The second-order valence-electron chi connectivity index (χ2n) is 50.7. The van der Waals surface area contributed by atoms with Gasteiger partial charge in [-0.3, -0.25) is 0 Å². The van der Waals surface area contributed by atoms with Crippen molar-refractivity contribution in [1.29, 1.82) is 0 Å². The first-order valence-electron chi connectivity index (χ1n) is 57.2. The van der Waals surface area contributed by atoms with Crippen molar-refractivity contribution in [3.05, 3.63) is 0 Å². The van der Waals surface area contributed by atoms with Crippen LogP contribution in [0.2, 0.25) is 0 Å². The molecule has 0 radical (unpaired) electrons. The van der Waals surface area contributed by atoms with Gasteiger partial charge in [-0.05, 0) is 218 Å². The van der Waals surface area contributed by atoms with E-state index in [0.717, 1.165) is 193 Å². The molecule has 0 aromatic heterocycles. The van der Waals surface area contributed by atoms with Crippen LogP contribution in [0.5, 0.6) is 0 Å². The number of ether oxygens (including phenoxy) is 5. The van der Waals surface area contributed by atoms with Gasteiger partial charge in [-0.1, -0.05) is 474 Å². The van der Waals surface area contributed by atoms with Gasteiger partial charge in [-0.15, -0.1) is 0 Å². The van der Waals surface area contributed by atoms with Crippen LogP contribution in [0, 0.1) is 107 Å². The van der Waals surface area contributed by atoms with Gasteiger partial charge in [0.05, 0.1) is 70.7 Å². The third kappa shape index (κ3) is 54.0. The lowest BCUT2D eigenvalue weighted by Gasteiger charge is -2.50. The highest BCUT2D eigenvalue weighted by Gasteiger charge is 2.54. The molecule has 0 bridgehead atoms. The average Bonchev–Trinajstić information content (AvgIpc) is 1.53. The third-order valence-electron chi connectivity index (χ3n) is 33.2. The maximum Gasteiger partial charge on any atom is 0.0923 e. The first-order chi connectivity index (χ1) is 59.4. The van der Waals surface area contributed by atoms with Crippen LogP contribution >= 0.6 is 0 Å². The lowest BCUT2D eigenvalue weighted by Crippen LogP contribution is -2.58. The second kappa shape index (κ2) is 66.3. The Bertz CT molecular complexity index is 2540. The number of aliphatic hydroxyl groups excluding tert-OH is 1. The molecule has 126 heavy (non-hydrogen) atoms. The maximum absolute atomic E-state index is 12.8. The first kappa shape index (κ1) is 120.